The van der Waals surface area contributed by atoms with Crippen molar-refractivity contribution in [1.29, 1.82) is 0 Å². The van der Waals surface area contributed by atoms with Gasteiger partial charge < -0.3 is 0 Å². The van der Waals surface area contributed by atoms with Crippen LogP contribution in [0, 0.1) is 6.92 Å². The van der Waals surface area contributed by atoms with Gasteiger partial charge in [0.05, 0.1) is 0 Å². The van der Waals surface area contributed by atoms with Crippen LogP contribution in [0.2, 0.25) is 0 Å². The fourth-order valence-electron chi connectivity index (χ4n) is 0.702. The third-order valence-electron chi connectivity index (χ3n) is 1.26. The van der Waals surface area contributed by atoms with E-state index in [0.717, 1.165) is 0 Å². The Morgan fingerprint density at radius 1 is 1.23 bits per heavy atom. The molecule has 1 heterocycles. The van der Waals surface area contributed by atoms with E-state index in [1.807, 2.05) is 0 Å². The van der Waals surface area contributed by atoms with Crippen molar-refractivity contribution in [2.45, 2.75) is 0 Å². The first-order valence-corrected chi connectivity index (χ1v) is 3.52. The second kappa shape index (κ2) is 4.20. The molecule has 1 aromatic rings. The lowest BCUT2D eigenvalue weighted by molar-refractivity contribution is -0.117. The van der Waals surface area contributed by atoms with Crippen molar-refractivity contribution >= 4 is 11.8 Å². The first-order valence-electron chi connectivity index (χ1n) is 3.52. The summed E-state index contributed by atoms with van der Waals surface area (Å²) in [6, 6.07) is 3.06. The molecule has 0 atom stereocenters. The summed E-state index contributed by atoms with van der Waals surface area (Å²) < 4.78 is 0. The van der Waals surface area contributed by atoms with Gasteiger partial charge in [0, 0.05) is 24.9 Å². The summed E-state index contributed by atoms with van der Waals surface area (Å²) in [4.78, 5) is 25.2. The van der Waals surface area contributed by atoms with E-state index in [9.17, 15) is 9.59 Å². The van der Waals surface area contributed by atoms with Crippen molar-refractivity contribution in [2.75, 3.05) is 0 Å². The van der Waals surface area contributed by atoms with Crippen molar-refractivity contribution < 1.29 is 9.59 Å². The van der Waals surface area contributed by atoms with E-state index in [-0.39, 0.29) is 0 Å². The molecule has 1 aromatic heterocycles. The minimum absolute atomic E-state index is 0.403. The number of amides is 2. The summed E-state index contributed by atoms with van der Waals surface area (Å²) in [5, 5.41) is 0. The van der Waals surface area contributed by atoms with Crippen molar-refractivity contribution in [1.82, 2.24) is 15.8 Å². The molecule has 1 rings (SSSR count). The summed E-state index contributed by atoms with van der Waals surface area (Å²) in [5.74, 6) is -0.971. The van der Waals surface area contributed by atoms with Gasteiger partial charge in [0.2, 0.25) is 5.91 Å². The molecule has 0 spiro atoms. The third-order valence-corrected chi connectivity index (χ3v) is 1.26. The van der Waals surface area contributed by atoms with Gasteiger partial charge in [0.1, 0.15) is 0 Å². The van der Waals surface area contributed by atoms with Gasteiger partial charge in [-0.1, -0.05) is 0 Å². The molecule has 5 heteroatoms. The van der Waals surface area contributed by atoms with Gasteiger partial charge in [-0.3, -0.25) is 25.4 Å². The normalized spacial score (nSPS) is 9.00. The maximum Gasteiger partial charge on any atom is 0.269 e. The number of carbonyl (C=O) groups is 2. The van der Waals surface area contributed by atoms with Gasteiger partial charge in [-0.2, -0.15) is 0 Å². The molecule has 67 valence electrons. The topological polar surface area (TPSA) is 71.1 Å². The third kappa shape index (κ3) is 2.90. The van der Waals surface area contributed by atoms with Crippen molar-refractivity contribution in [3.8, 4) is 0 Å². The first-order chi connectivity index (χ1) is 6.20. The zero-order valence-electron chi connectivity index (χ0n) is 6.78. The van der Waals surface area contributed by atoms with Gasteiger partial charge in [-0.15, -0.1) is 0 Å². The van der Waals surface area contributed by atoms with E-state index in [1.165, 1.54) is 24.5 Å². The highest BCUT2D eigenvalue weighted by atomic mass is 16.2. The number of nitrogens with one attached hydrogen (secondary N) is 2. The summed E-state index contributed by atoms with van der Waals surface area (Å²) in [6.45, 7) is 3.03. The van der Waals surface area contributed by atoms with Crippen LogP contribution in [0.25, 0.3) is 0 Å². The minimum Gasteiger partial charge on any atom is -0.273 e. The Balaban J connectivity index is 2.54. The van der Waals surface area contributed by atoms with E-state index in [4.69, 9.17) is 0 Å². The number of hydrogen-bond acceptors (Lipinski definition) is 3. The van der Waals surface area contributed by atoms with Crippen LogP contribution in [-0.2, 0) is 4.79 Å². The molecule has 0 fully saturated rings. The summed E-state index contributed by atoms with van der Waals surface area (Å²) in [5.41, 5.74) is 4.66. The number of pyridine rings is 1. The smallest absolute Gasteiger partial charge is 0.269 e. The van der Waals surface area contributed by atoms with Crippen LogP contribution in [0.5, 0.6) is 0 Å². The Hall–Kier alpha value is -1.91. The number of rotatable bonds is 1. The number of nitrogens with zero attached hydrogens (tertiary/aromatic N) is 1. The van der Waals surface area contributed by atoms with Gasteiger partial charge >= 0.3 is 0 Å². The predicted octanol–water partition coefficient (Wildman–Crippen LogP) is -0.323. The van der Waals surface area contributed by atoms with Crippen LogP contribution in [0.4, 0.5) is 0 Å². The van der Waals surface area contributed by atoms with E-state index in [1.54, 1.807) is 0 Å². The molecule has 0 aromatic carbocycles. The molecule has 2 N–H and O–H groups in total. The SMILES string of the molecule is [CH2]C(=O)NNC(=O)c1ccncc1. The fourth-order valence-corrected chi connectivity index (χ4v) is 0.702. The van der Waals surface area contributed by atoms with E-state index in [0.29, 0.717) is 5.56 Å². The molecule has 0 saturated heterocycles. The molecule has 2 amide bonds. The lowest BCUT2D eigenvalue weighted by atomic mass is 10.3. The quantitative estimate of drug-likeness (QED) is 0.579. The molecule has 5 nitrogen and oxygen atoms in total. The second-order valence-corrected chi connectivity index (χ2v) is 2.24. The number of aromatic nitrogens is 1. The Kier molecular flexibility index (Phi) is 2.97. The zero-order chi connectivity index (χ0) is 9.68. The standard InChI is InChI=1S/C8H8N3O2/c1-6(12)10-11-8(13)7-2-4-9-5-3-7/h2-5H,1H2,(H,10,12)(H,11,13). The summed E-state index contributed by atoms with van der Waals surface area (Å²) >= 11 is 0. The van der Waals surface area contributed by atoms with Crippen LogP contribution in [-0.4, -0.2) is 16.8 Å². The Morgan fingerprint density at radius 2 is 1.85 bits per heavy atom. The number of hydrazine groups is 1. The van der Waals surface area contributed by atoms with Gasteiger partial charge in [-0.25, -0.2) is 0 Å². The largest absolute Gasteiger partial charge is 0.273 e. The maximum absolute atomic E-state index is 11.2. The lowest BCUT2D eigenvalue weighted by Gasteiger charge is -2.03. The van der Waals surface area contributed by atoms with Gasteiger partial charge in [-0.05, 0) is 12.1 Å². The molecule has 0 aliphatic heterocycles. The average molecular weight is 178 g/mol. The molecular weight excluding hydrogens is 170 g/mol. The van der Waals surface area contributed by atoms with Crippen LogP contribution >= 0.6 is 0 Å². The van der Waals surface area contributed by atoms with Crippen LogP contribution in [0.15, 0.2) is 24.5 Å². The Labute approximate surface area is 75.1 Å². The van der Waals surface area contributed by atoms with Crippen molar-refractivity contribution in [3.63, 3.8) is 0 Å². The highest BCUT2D eigenvalue weighted by Crippen LogP contribution is 1.93. The average Bonchev–Trinajstić information content (AvgIpc) is 2.15. The molecule has 13 heavy (non-hydrogen) atoms. The van der Waals surface area contributed by atoms with Crippen LogP contribution < -0.4 is 10.9 Å². The number of hydrogen-bond donors (Lipinski definition) is 2. The van der Waals surface area contributed by atoms with Gasteiger partial charge in [0.25, 0.3) is 5.91 Å². The summed E-state index contributed by atoms with van der Waals surface area (Å²) in [7, 11) is 0. The number of carbonyl (C=O) groups excluding carboxylic acids is 2. The highest BCUT2D eigenvalue weighted by molar-refractivity contribution is 5.95. The fraction of sp³-hybridized carbons (Fsp3) is 0. The van der Waals surface area contributed by atoms with E-state index in [2.05, 4.69) is 22.8 Å². The second-order valence-electron chi connectivity index (χ2n) is 2.24. The van der Waals surface area contributed by atoms with E-state index < -0.39 is 11.8 Å². The predicted molar refractivity (Wildman–Crippen MR) is 45.2 cm³/mol. The Bertz CT molecular complexity index is 310. The van der Waals surface area contributed by atoms with Crippen molar-refractivity contribution in [2.24, 2.45) is 0 Å². The molecular formula is C8H8N3O2. The highest BCUT2D eigenvalue weighted by Gasteiger charge is 2.03. The first kappa shape index (κ1) is 9.18. The van der Waals surface area contributed by atoms with Crippen LogP contribution in [0.1, 0.15) is 10.4 Å². The molecule has 0 bridgehead atoms. The molecule has 0 unspecified atom stereocenters. The molecule has 0 aliphatic rings. The zero-order valence-corrected chi connectivity index (χ0v) is 6.78. The molecule has 0 aliphatic carbocycles. The van der Waals surface area contributed by atoms with E-state index >= 15 is 0 Å². The lowest BCUT2D eigenvalue weighted by Crippen LogP contribution is -2.40. The monoisotopic (exact) mass is 178 g/mol. The van der Waals surface area contributed by atoms with Gasteiger partial charge in [0.15, 0.2) is 0 Å². The maximum atomic E-state index is 11.2. The molecule has 0 saturated carbocycles. The Morgan fingerprint density at radius 3 is 2.38 bits per heavy atom. The summed E-state index contributed by atoms with van der Waals surface area (Å²) in [6.07, 6.45) is 2.97. The minimum atomic E-state index is -0.567. The van der Waals surface area contributed by atoms with Crippen molar-refractivity contribution in [3.05, 3.63) is 37.0 Å². The van der Waals surface area contributed by atoms with Crippen LogP contribution in [0.3, 0.4) is 0 Å². The molecule has 1 radical (unpaired) electrons.